The third-order valence-corrected chi connectivity index (χ3v) is 5.43. The van der Waals surface area contributed by atoms with E-state index in [-0.39, 0.29) is 17.2 Å². The van der Waals surface area contributed by atoms with Crippen molar-refractivity contribution >= 4 is 28.6 Å². The van der Waals surface area contributed by atoms with Gasteiger partial charge in [-0.15, -0.1) is 6.58 Å². The van der Waals surface area contributed by atoms with Crippen LogP contribution in [0.5, 0.6) is 0 Å². The van der Waals surface area contributed by atoms with Crippen LogP contribution in [0, 0.1) is 13.8 Å². The minimum absolute atomic E-state index is 0.0852. The highest BCUT2D eigenvalue weighted by molar-refractivity contribution is 7.99. The molecule has 1 amide bonds. The summed E-state index contributed by atoms with van der Waals surface area (Å²) in [5.41, 5.74) is 2.63. The number of nitrogens with zero attached hydrogens (tertiary/aromatic N) is 4. The maximum Gasteiger partial charge on any atom is 0.262 e. The van der Waals surface area contributed by atoms with Crippen LogP contribution in [0.4, 0.5) is 0 Å². The molecule has 0 atom stereocenters. The molecule has 3 rings (SSSR count). The fourth-order valence-electron chi connectivity index (χ4n) is 3.10. The molecule has 2 aromatic heterocycles. The number of carbonyl (C=O) groups excluding carboxylic acids is 1. The van der Waals surface area contributed by atoms with E-state index in [9.17, 15) is 9.59 Å². The summed E-state index contributed by atoms with van der Waals surface area (Å²) >= 11 is 1.27. The zero-order chi connectivity index (χ0) is 20.8. The maximum absolute atomic E-state index is 13.1. The van der Waals surface area contributed by atoms with Crippen molar-refractivity contribution in [3.63, 3.8) is 0 Å². The van der Waals surface area contributed by atoms with E-state index in [0.717, 1.165) is 17.8 Å². The van der Waals surface area contributed by atoms with Crippen molar-refractivity contribution in [2.45, 2.75) is 38.5 Å². The van der Waals surface area contributed by atoms with Crippen LogP contribution in [0.3, 0.4) is 0 Å². The molecule has 7 nitrogen and oxygen atoms in total. The van der Waals surface area contributed by atoms with Gasteiger partial charge in [0.05, 0.1) is 22.3 Å². The van der Waals surface area contributed by atoms with Crippen molar-refractivity contribution in [1.29, 1.82) is 0 Å². The van der Waals surface area contributed by atoms with Gasteiger partial charge in [0.1, 0.15) is 0 Å². The van der Waals surface area contributed by atoms with Crippen molar-refractivity contribution in [3.8, 4) is 0 Å². The highest BCUT2D eigenvalue weighted by Crippen LogP contribution is 2.18. The van der Waals surface area contributed by atoms with Crippen molar-refractivity contribution in [1.82, 2.24) is 24.6 Å². The number of hydrogen-bond acceptors (Lipinski definition) is 5. The molecule has 0 aliphatic carbocycles. The largest absolute Gasteiger partial charge is 0.352 e. The lowest BCUT2D eigenvalue weighted by molar-refractivity contribution is -0.118. The molecule has 29 heavy (non-hydrogen) atoms. The Labute approximate surface area is 173 Å². The Morgan fingerprint density at radius 1 is 1.28 bits per heavy atom. The lowest BCUT2D eigenvalue weighted by atomic mass is 10.2. The molecule has 0 unspecified atom stereocenters. The zero-order valence-corrected chi connectivity index (χ0v) is 17.5. The first kappa shape index (κ1) is 20.9. The van der Waals surface area contributed by atoms with Crippen molar-refractivity contribution in [2.24, 2.45) is 0 Å². The van der Waals surface area contributed by atoms with E-state index >= 15 is 0 Å². The fourth-order valence-corrected chi connectivity index (χ4v) is 3.96. The molecule has 0 bridgehead atoms. The molecule has 2 heterocycles. The van der Waals surface area contributed by atoms with Crippen LogP contribution in [0.15, 0.2) is 52.9 Å². The molecule has 1 N–H and O–H groups in total. The van der Waals surface area contributed by atoms with Crippen molar-refractivity contribution in [3.05, 3.63) is 64.7 Å². The van der Waals surface area contributed by atoms with Gasteiger partial charge >= 0.3 is 0 Å². The van der Waals surface area contributed by atoms with Crippen LogP contribution in [0.1, 0.15) is 17.8 Å². The normalized spacial score (nSPS) is 11.0. The van der Waals surface area contributed by atoms with Crippen LogP contribution < -0.4 is 10.9 Å². The smallest absolute Gasteiger partial charge is 0.262 e. The molecule has 152 valence electrons. The summed E-state index contributed by atoms with van der Waals surface area (Å²) < 4.78 is 3.61. The first-order chi connectivity index (χ1) is 14.0. The number of carbonyl (C=O) groups is 1. The second kappa shape index (κ2) is 9.56. The predicted octanol–water partition coefficient (Wildman–Crippen LogP) is 2.69. The highest BCUT2D eigenvalue weighted by atomic mass is 32.2. The van der Waals surface area contributed by atoms with Crippen LogP contribution in [0.2, 0.25) is 0 Å². The summed E-state index contributed by atoms with van der Waals surface area (Å²) in [6.07, 6.45) is 2.36. The number of thioether (sulfide) groups is 1. The monoisotopic (exact) mass is 411 g/mol. The second-order valence-electron chi connectivity index (χ2n) is 6.75. The van der Waals surface area contributed by atoms with Crippen LogP contribution in [-0.4, -0.2) is 37.5 Å². The molecular weight excluding hydrogens is 386 g/mol. The number of fused-ring (bicyclic) bond motifs is 1. The fraction of sp³-hybridized carbons (Fsp3) is 0.333. The Morgan fingerprint density at radius 2 is 2.07 bits per heavy atom. The van der Waals surface area contributed by atoms with E-state index in [1.54, 1.807) is 16.7 Å². The number of amides is 1. The molecule has 8 heteroatoms. The van der Waals surface area contributed by atoms with E-state index in [0.29, 0.717) is 35.7 Å². The van der Waals surface area contributed by atoms with Gasteiger partial charge in [0.2, 0.25) is 5.91 Å². The second-order valence-corrected chi connectivity index (χ2v) is 7.70. The molecule has 0 fully saturated rings. The lowest BCUT2D eigenvalue weighted by Gasteiger charge is -2.13. The van der Waals surface area contributed by atoms with Gasteiger partial charge in [-0.1, -0.05) is 30.0 Å². The first-order valence-corrected chi connectivity index (χ1v) is 10.5. The maximum atomic E-state index is 13.1. The first-order valence-electron chi connectivity index (χ1n) is 9.50. The van der Waals surface area contributed by atoms with Gasteiger partial charge in [-0.2, -0.15) is 5.10 Å². The molecule has 1 aromatic carbocycles. The molecule has 3 aromatic rings. The Morgan fingerprint density at radius 3 is 2.79 bits per heavy atom. The summed E-state index contributed by atoms with van der Waals surface area (Å²) in [5.74, 6) is 0.0716. The number of rotatable bonds is 9. The van der Waals surface area contributed by atoms with Crippen LogP contribution in [-0.2, 0) is 17.9 Å². The molecule has 0 aliphatic heterocycles. The van der Waals surface area contributed by atoms with Gasteiger partial charge < -0.3 is 5.32 Å². The standard InChI is InChI=1S/C21H25N5O2S/c1-4-10-22-19(27)14-29-21-23-18-9-6-5-8-17(18)20(28)25(21)11-7-12-26-16(3)13-15(2)24-26/h4-6,8-9,13H,1,7,10-12,14H2,2-3H3,(H,22,27). The molecule has 0 saturated heterocycles. The summed E-state index contributed by atoms with van der Waals surface area (Å²) in [6, 6.07) is 9.33. The molecular formula is C21H25N5O2S. The number of aromatic nitrogens is 4. The Balaban J connectivity index is 1.81. The SMILES string of the molecule is C=CCNC(=O)CSc1nc2ccccc2c(=O)n1CCCn1nc(C)cc1C. The molecule has 0 spiro atoms. The van der Waals surface area contributed by atoms with Crippen LogP contribution >= 0.6 is 11.8 Å². The Kier molecular flexibility index (Phi) is 6.87. The Bertz CT molecular complexity index is 1090. The zero-order valence-electron chi connectivity index (χ0n) is 16.7. The topological polar surface area (TPSA) is 81.8 Å². The number of aryl methyl sites for hydroxylation is 3. The summed E-state index contributed by atoms with van der Waals surface area (Å²) in [5, 5.41) is 8.35. The number of hydrogen-bond donors (Lipinski definition) is 1. The third-order valence-electron chi connectivity index (χ3n) is 4.46. The lowest BCUT2D eigenvalue weighted by Crippen LogP contribution is -2.27. The van der Waals surface area contributed by atoms with E-state index in [1.165, 1.54) is 11.8 Å². The molecule has 0 saturated carbocycles. The molecule has 0 radical (unpaired) electrons. The van der Waals surface area contributed by atoms with Gasteiger partial charge in [-0.05, 0) is 38.5 Å². The number of para-hydroxylation sites is 1. The highest BCUT2D eigenvalue weighted by Gasteiger charge is 2.13. The number of nitrogens with one attached hydrogen (secondary N) is 1. The minimum atomic E-state index is -0.119. The molecule has 0 aliphatic rings. The van der Waals surface area contributed by atoms with Crippen molar-refractivity contribution in [2.75, 3.05) is 12.3 Å². The predicted molar refractivity (Wildman–Crippen MR) is 116 cm³/mol. The van der Waals surface area contributed by atoms with E-state index < -0.39 is 0 Å². The van der Waals surface area contributed by atoms with Gasteiger partial charge in [-0.3, -0.25) is 18.8 Å². The van der Waals surface area contributed by atoms with E-state index in [4.69, 9.17) is 0 Å². The Hall–Kier alpha value is -2.87. The summed E-state index contributed by atoms with van der Waals surface area (Å²) in [7, 11) is 0. The minimum Gasteiger partial charge on any atom is -0.352 e. The van der Waals surface area contributed by atoms with Gasteiger partial charge in [0.15, 0.2) is 5.16 Å². The van der Waals surface area contributed by atoms with E-state index in [2.05, 4.69) is 22.0 Å². The number of benzene rings is 1. The van der Waals surface area contributed by atoms with E-state index in [1.807, 2.05) is 42.8 Å². The quantitative estimate of drug-likeness (QED) is 0.333. The van der Waals surface area contributed by atoms with Crippen molar-refractivity contribution < 1.29 is 4.79 Å². The third kappa shape index (κ3) is 5.14. The van der Waals surface area contributed by atoms with Gasteiger partial charge in [-0.25, -0.2) is 4.98 Å². The summed E-state index contributed by atoms with van der Waals surface area (Å²) in [6.45, 7) is 9.21. The average Bonchev–Trinajstić information content (AvgIpc) is 3.03. The van der Waals surface area contributed by atoms with Gasteiger partial charge in [0.25, 0.3) is 5.56 Å². The average molecular weight is 412 g/mol. The van der Waals surface area contributed by atoms with Gasteiger partial charge in [0, 0.05) is 25.3 Å². The van der Waals surface area contributed by atoms with Crippen LogP contribution in [0.25, 0.3) is 10.9 Å². The summed E-state index contributed by atoms with van der Waals surface area (Å²) in [4.78, 5) is 29.7.